The molecular weight excluding hydrogens is 447 g/mol. The predicted octanol–water partition coefficient (Wildman–Crippen LogP) is 3.07. The van der Waals surface area contributed by atoms with E-state index in [1.165, 1.54) is 4.88 Å². The number of fused-ring (bicyclic) bond motifs is 1. The lowest BCUT2D eigenvalue weighted by atomic mass is 10.0. The molecule has 11 heteroatoms. The van der Waals surface area contributed by atoms with Gasteiger partial charge >= 0.3 is 12.1 Å². The lowest BCUT2D eigenvalue weighted by Gasteiger charge is -2.18. The highest BCUT2D eigenvalue weighted by Gasteiger charge is 2.42. The molecule has 1 amide bonds. The average molecular weight is 472 g/mol. The molecule has 2 aliphatic rings. The Morgan fingerprint density at radius 1 is 1.25 bits per heavy atom. The van der Waals surface area contributed by atoms with Gasteiger partial charge < -0.3 is 15.2 Å². The summed E-state index contributed by atoms with van der Waals surface area (Å²) in [4.78, 5) is 29.0. The van der Waals surface area contributed by atoms with Gasteiger partial charge in [0, 0.05) is 36.6 Å². The second-order valence-electron chi connectivity index (χ2n) is 7.67. The van der Waals surface area contributed by atoms with Crippen LogP contribution >= 0.6 is 11.3 Å². The molecule has 0 aromatic carbocycles. The van der Waals surface area contributed by atoms with E-state index in [0.29, 0.717) is 18.9 Å². The van der Waals surface area contributed by atoms with Crippen LogP contribution in [0.25, 0.3) is 0 Å². The van der Waals surface area contributed by atoms with E-state index in [-0.39, 0.29) is 18.1 Å². The quantitative estimate of drug-likeness (QED) is 0.673. The molecule has 2 aliphatic heterocycles. The smallest absolute Gasteiger partial charge is 0.475 e. The fourth-order valence-electron chi connectivity index (χ4n) is 3.81. The Hall–Kier alpha value is -2.50. The number of hydrogen-bond donors (Lipinski definition) is 2. The topological polar surface area (TPSA) is 91.8 Å². The number of halogens is 3. The van der Waals surface area contributed by atoms with E-state index in [1.807, 2.05) is 35.8 Å². The van der Waals surface area contributed by atoms with E-state index in [1.54, 1.807) is 11.3 Å². The molecule has 2 N–H and O–H groups in total. The summed E-state index contributed by atoms with van der Waals surface area (Å²) in [6.45, 7) is 3.47. The molecule has 32 heavy (non-hydrogen) atoms. The zero-order chi connectivity index (χ0) is 23.1. The van der Waals surface area contributed by atoms with E-state index in [4.69, 9.17) is 14.6 Å². The van der Waals surface area contributed by atoms with Crippen molar-refractivity contribution < 1.29 is 32.6 Å². The van der Waals surface area contributed by atoms with Gasteiger partial charge in [0.2, 0.25) is 5.91 Å². The first kappa shape index (κ1) is 24.1. The molecule has 174 valence electrons. The highest BCUT2D eigenvalue weighted by atomic mass is 32.1. The molecule has 0 radical (unpaired) electrons. The number of amides is 1. The van der Waals surface area contributed by atoms with Gasteiger partial charge in [-0.05, 0) is 30.0 Å². The van der Waals surface area contributed by atoms with Crippen molar-refractivity contribution >= 4 is 23.2 Å². The van der Waals surface area contributed by atoms with E-state index in [0.717, 1.165) is 31.7 Å². The third kappa shape index (κ3) is 7.28. The van der Waals surface area contributed by atoms with Crippen LogP contribution < -0.4 is 5.32 Å². The molecule has 0 unspecified atom stereocenters. The summed E-state index contributed by atoms with van der Waals surface area (Å²) in [6.07, 6.45) is -1.46. The van der Waals surface area contributed by atoms with Gasteiger partial charge in [-0.25, -0.2) is 4.79 Å². The van der Waals surface area contributed by atoms with Crippen LogP contribution in [0.15, 0.2) is 41.9 Å². The van der Waals surface area contributed by atoms with Gasteiger partial charge in [-0.3, -0.25) is 14.7 Å². The van der Waals surface area contributed by atoms with E-state index >= 15 is 0 Å². The summed E-state index contributed by atoms with van der Waals surface area (Å²) in [5.41, 5.74) is 1.10. The monoisotopic (exact) mass is 471 g/mol. The van der Waals surface area contributed by atoms with E-state index < -0.39 is 12.1 Å². The molecule has 2 aromatic rings. The van der Waals surface area contributed by atoms with E-state index in [9.17, 15) is 18.0 Å². The fraction of sp³-hybridized carbons (Fsp3) is 0.476. The van der Waals surface area contributed by atoms with Crippen LogP contribution in [0.2, 0.25) is 0 Å². The van der Waals surface area contributed by atoms with Gasteiger partial charge in [0.25, 0.3) is 0 Å². The van der Waals surface area contributed by atoms with Gasteiger partial charge in [0.1, 0.15) is 0 Å². The molecule has 0 aliphatic carbocycles. The predicted molar refractivity (Wildman–Crippen MR) is 111 cm³/mol. The van der Waals surface area contributed by atoms with E-state index in [2.05, 4.69) is 21.3 Å². The Labute approximate surface area is 187 Å². The van der Waals surface area contributed by atoms with Gasteiger partial charge in [-0.1, -0.05) is 12.1 Å². The van der Waals surface area contributed by atoms with Gasteiger partial charge in [0.15, 0.2) is 0 Å². The summed E-state index contributed by atoms with van der Waals surface area (Å²) in [5.74, 6) is -2.13. The third-order valence-electron chi connectivity index (χ3n) is 5.20. The molecule has 2 fully saturated rings. The van der Waals surface area contributed by atoms with Gasteiger partial charge in [-0.2, -0.15) is 13.2 Å². The molecule has 0 bridgehead atoms. The molecule has 0 spiro atoms. The maximum atomic E-state index is 12.1. The number of carbonyl (C=O) groups excluding carboxylic acids is 1. The number of aliphatic carboxylic acids is 1. The van der Waals surface area contributed by atoms with Crippen molar-refractivity contribution in [2.24, 2.45) is 5.92 Å². The molecule has 3 atom stereocenters. The second kappa shape index (κ2) is 10.9. The number of alkyl halides is 3. The summed E-state index contributed by atoms with van der Waals surface area (Å²) in [6, 6.07) is 10.1. The molecule has 2 saturated heterocycles. The number of rotatable bonds is 6. The molecule has 4 heterocycles. The van der Waals surface area contributed by atoms with Gasteiger partial charge in [-0.15, -0.1) is 11.3 Å². The lowest BCUT2D eigenvalue weighted by Crippen LogP contribution is -2.29. The number of thiophene rings is 1. The lowest BCUT2D eigenvalue weighted by molar-refractivity contribution is -0.192. The number of nitrogens with zero attached hydrogens (tertiary/aromatic N) is 2. The molecule has 7 nitrogen and oxygen atoms in total. The van der Waals surface area contributed by atoms with Crippen LogP contribution in [0.4, 0.5) is 13.2 Å². The Bertz CT molecular complexity index is 866. The number of carboxylic acid groups (broad SMARTS) is 1. The number of carboxylic acids is 1. The minimum atomic E-state index is -5.08. The first-order valence-corrected chi connectivity index (χ1v) is 11.0. The number of nitrogens with one attached hydrogen (secondary N) is 1. The SMILES string of the molecule is O=C(C[C@@H]1C[C@H]2CN(Cc3ccccn3)C[C@H]2O1)NCc1cccs1.O=C(O)C(F)(F)F. The number of aromatic nitrogens is 1. The summed E-state index contributed by atoms with van der Waals surface area (Å²) < 4.78 is 37.9. The second-order valence-corrected chi connectivity index (χ2v) is 8.70. The van der Waals surface area contributed by atoms with Crippen LogP contribution in [-0.4, -0.2) is 58.3 Å². The summed E-state index contributed by atoms with van der Waals surface area (Å²) in [7, 11) is 0. The molecule has 0 saturated carbocycles. The van der Waals surface area contributed by atoms with Crippen molar-refractivity contribution in [1.29, 1.82) is 0 Å². The Morgan fingerprint density at radius 2 is 2.03 bits per heavy atom. The number of ether oxygens (including phenoxy) is 1. The average Bonchev–Trinajstić information content (AvgIpc) is 3.44. The Balaban J connectivity index is 0.000000360. The van der Waals surface area contributed by atoms with Crippen molar-refractivity contribution in [3.05, 3.63) is 52.5 Å². The van der Waals surface area contributed by atoms with Crippen LogP contribution in [0.5, 0.6) is 0 Å². The highest BCUT2D eigenvalue weighted by molar-refractivity contribution is 7.09. The number of pyridine rings is 1. The normalized spacial score (nSPS) is 22.7. The number of likely N-dealkylation sites (tertiary alicyclic amines) is 1. The summed E-state index contributed by atoms with van der Waals surface area (Å²) >= 11 is 1.67. The highest BCUT2D eigenvalue weighted by Crippen LogP contribution is 2.34. The van der Waals surface area contributed by atoms with Gasteiger partial charge in [0.05, 0.1) is 30.9 Å². The van der Waals surface area contributed by atoms with Crippen LogP contribution in [0, 0.1) is 5.92 Å². The standard InChI is InChI=1S/C19H23N3O2S.C2HF3O2/c23-19(21-10-17-5-3-7-25-17)9-16-8-14-11-22(13-18(14)24-16)12-15-4-1-2-6-20-15;3-2(4,5)1(6)7/h1-7,14,16,18H,8-13H2,(H,21,23);(H,6,7)/t14-,16-,18+;/m0./s1. The van der Waals surface area contributed by atoms with Crippen molar-refractivity contribution in [1.82, 2.24) is 15.2 Å². The van der Waals surface area contributed by atoms with Crippen LogP contribution in [-0.2, 0) is 27.4 Å². The summed E-state index contributed by atoms with van der Waals surface area (Å²) in [5, 5.41) is 12.1. The molecular formula is C21H24F3N3O4S. The maximum absolute atomic E-state index is 12.1. The zero-order valence-corrected chi connectivity index (χ0v) is 17.9. The van der Waals surface area contributed by atoms with Crippen LogP contribution in [0.3, 0.4) is 0 Å². The minimum Gasteiger partial charge on any atom is -0.475 e. The van der Waals surface area contributed by atoms with Crippen LogP contribution in [0.1, 0.15) is 23.4 Å². The third-order valence-corrected chi connectivity index (χ3v) is 6.07. The number of carbonyl (C=O) groups is 2. The van der Waals surface area contributed by atoms with Crippen molar-refractivity contribution in [3.8, 4) is 0 Å². The first-order valence-electron chi connectivity index (χ1n) is 10.1. The van der Waals surface area contributed by atoms with Crippen molar-refractivity contribution in [3.63, 3.8) is 0 Å². The Kier molecular flexibility index (Phi) is 8.21. The fourth-order valence-corrected chi connectivity index (χ4v) is 4.45. The zero-order valence-electron chi connectivity index (χ0n) is 17.1. The molecule has 2 aromatic heterocycles. The van der Waals surface area contributed by atoms with Crippen molar-refractivity contribution in [2.45, 2.75) is 44.3 Å². The largest absolute Gasteiger partial charge is 0.490 e. The number of hydrogen-bond acceptors (Lipinski definition) is 6. The van der Waals surface area contributed by atoms with Crippen molar-refractivity contribution in [2.75, 3.05) is 13.1 Å². The maximum Gasteiger partial charge on any atom is 0.490 e. The minimum absolute atomic E-state index is 0.0651. The first-order chi connectivity index (χ1) is 15.2. The Morgan fingerprint density at radius 3 is 2.62 bits per heavy atom. The molecule has 4 rings (SSSR count).